The Labute approximate surface area is 156 Å². The molecule has 1 aromatic heterocycles. The Morgan fingerprint density at radius 3 is 2.76 bits per heavy atom. The quantitative estimate of drug-likeness (QED) is 0.857. The Morgan fingerprint density at radius 2 is 1.96 bits per heavy atom. The Bertz CT molecular complexity index is 821. The van der Waals surface area contributed by atoms with Gasteiger partial charge >= 0.3 is 0 Å². The molecule has 0 unspecified atom stereocenters. The van der Waals surface area contributed by atoms with Crippen molar-refractivity contribution in [2.45, 2.75) is 38.0 Å². The van der Waals surface area contributed by atoms with E-state index in [1.54, 1.807) is 29.3 Å². The molecule has 2 aliphatic rings. The molecule has 0 bridgehead atoms. The van der Waals surface area contributed by atoms with E-state index < -0.39 is 0 Å². The molecule has 130 valence electrons. The lowest BCUT2D eigenvalue weighted by Gasteiger charge is -2.16. The van der Waals surface area contributed by atoms with E-state index in [1.807, 2.05) is 35.6 Å². The van der Waals surface area contributed by atoms with Crippen LogP contribution < -0.4 is 10.1 Å². The fourth-order valence-corrected chi connectivity index (χ4v) is 5.94. The van der Waals surface area contributed by atoms with Crippen molar-refractivity contribution in [3.05, 3.63) is 55.6 Å². The number of hydrogen-bond acceptors (Lipinski definition) is 4. The first-order valence-electron chi connectivity index (χ1n) is 8.63. The van der Waals surface area contributed by atoms with Crippen molar-refractivity contribution in [1.82, 2.24) is 5.32 Å². The van der Waals surface area contributed by atoms with Crippen LogP contribution in [0.25, 0.3) is 6.08 Å². The summed E-state index contributed by atoms with van der Waals surface area (Å²) in [7, 11) is 1.65. The van der Waals surface area contributed by atoms with Gasteiger partial charge in [0, 0.05) is 22.1 Å². The van der Waals surface area contributed by atoms with Crippen molar-refractivity contribution in [1.29, 1.82) is 0 Å². The normalized spacial score (nSPS) is 15.8. The molecule has 2 aromatic rings. The molecule has 25 heavy (non-hydrogen) atoms. The number of amides is 1. The zero-order chi connectivity index (χ0) is 17.2. The van der Waals surface area contributed by atoms with Gasteiger partial charge in [0.1, 0.15) is 5.75 Å². The van der Waals surface area contributed by atoms with Crippen LogP contribution in [-0.2, 0) is 29.9 Å². The summed E-state index contributed by atoms with van der Waals surface area (Å²) in [5, 5.41) is 3.03. The van der Waals surface area contributed by atoms with Gasteiger partial charge in [-0.25, -0.2) is 0 Å². The van der Waals surface area contributed by atoms with Gasteiger partial charge in [0.15, 0.2) is 0 Å². The van der Waals surface area contributed by atoms with Crippen molar-refractivity contribution >= 4 is 35.1 Å². The number of carbonyl (C=O) groups is 1. The Kier molecular flexibility index (Phi) is 4.86. The van der Waals surface area contributed by atoms with Crippen LogP contribution in [-0.4, -0.2) is 13.0 Å². The summed E-state index contributed by atoms with van der Waals surface area (Å²) in [6.07, 6.45) is 7.13. The van der Waals surface area contributed by atoms with Gasteiger partial charge in [-0.3, -0.25) is 4.79 Å². The number of fused-ring (bicyclic) bond motifs is 3. The van der Waals surface area contributed by atoms with E-state index in [2.05, 4.69) is 11.4 Å². The van der Waals surface area contributed by atoms with Gasteiger partial charge in [-0.05, 0) is 60.6 Å². The van der Waals surface area contributed by atoms with Crippen LogP contribution in [0.15, 0.2) is 29.2 Å². The lowest BCUT2D eigenvalue weighted by atomic mass is 9.95. The van der Waals surface area contributed by atoms with Gasteiger partial charge in [-0.2, -0.15) is 0 Å². The summed E-state index contributed by atoms with van der Waals surface area (Å²) in [5.74, 6) is 1.79. The monoisotopic (exact) mass is 371 g/mol. The van der Waals surface area contributed by atoms with Crippen LogP contribution in [0.5, 0.6) is 5.75 Å². The number of thioether (sulfide) groups is 1. The predicted octanol–water partition coefficient (Wildman–Crippen LogP) is 4.54. The maximum Gasteiger partial charge on any atom is 0.258 e. The largest absolute Gasteiger partial charge is 0.497 e. The van der Waals surface area contributed by atoms with E-state index in [4.69, 9.17) is 4.74 Å². The second kappa shape index (κ2) is 7.26. The van der Waals surface area contributed by atoms with Crippen molar-refractivity contribution in [3.63, 3.8) is 0 Å². The fraction of sp³-hybridized carbons (Fsp3) is 0.350. The minimum atomic E-state index is 0.0258. The first kappa shape index (κ1) is 16.7. The van der Waals surface area contributed by atoms with E-state index in [9.17, 15) is 4.79 Å². The average Bonchev–Trinajstić information content (AvgIpc) is 3.04. The maximum atomic E-state index is 12.5. The number of ether oxygens (including phenoxy) is 1. The van der Waals surface area contributed by atoms with E-state index in [-0.39, 0.29) is 5.91 Å². The van der Waals surface area contributed by atoms with Crippen LogP contribution in [0.2, 0.25) is 0 Å². The number of thiophene rings is 1. The number of rotatable bonds is 4. The molecule has 0 spiro atoms. The number of methoxy groups -OCH3 is 1. The van der Waals surface area contributed by atoms with Crippen LogP contribution in [0.1, 0.15) is 39.3 Å². The summed E-state index contributed by atoms with van der Waals surface area (Å²) in [5.41, 5.74) is 4.13. The number of hydrogen-bond donors (Lipinski definition) is 1. The average molecular weight is 372 g/mol. The summed E-state index contributed by atoms with van der Waals surface area (Å²) in [4.78, 5) is 16.2. The second-order valence-electron chi connectivity index (χ2n) is 6.38. The summed E-state index contributed by atoms with van der Waals surface area (Å²) < 4.78 is 5.16. The number of aryl methyl sites for hydroxylation is 1. The SMILES string of the molecule is COc1ccc(CNC(=O)C2=Cc3sc4c(c3CS2)CCCC4)cc1. The first-order chi connectivity index (χ1) is 12.2. The van der Waals surface area contributed by atoms with Crippen molar-refractivity contribution < 1.29 is 9.53 Å². The molecule has 1 aromatic carbocycles. The summed E-state index contributed by atoms with van der Waals surface area (Å²) in [6.45, 7) is 0.536. The third kappa shape index (κ3) is 3.48. The summed E-state index contributed by atoms with van der Waals surface area (Å²) in [6, 6.07) is 7.79. The third-order valence-corrected chi connectivity index (χ3v) is 7.11. The van der Waals surface area contributed by atoms with Gasteiger partial charge in [-0.15, -0.1) is 23.1 Å². The minimum absolute atomic E-state index is 0.0258. The Morgan fingerprint density at radius 1 is 1.16 bits per heavy atom. The molecule has 0 saturated carbocycles. The highest BCUT2D eigenvalue weighted by Crippen LogP contribution is 2.42. The highest BCUT2D eigenvalue weighted by Gasteiger charge is 2.24. The Balaban J connectivity index is 1.44. The second-order valence-corrected chi connectivity index (χ2v) is 8.54. The zero-order valence-corrected chi connectivity index (χ0v) is 15.9. The molecular weight excluding hydrogens is 350 g/mol. The smallest absolute Gasteiger partial charge is 0.258 e. The molecule has 2 heterocycles. The maximum absolute atomic E-state index is 12.5. The van der Waals surface area contributed by atoms with Crippen molar-refractivity contribution in [2.24, 2.45) is 0 Å². The predicted molar refractivity (Wildman–Crippen MR) is 105 cm³/mol. The molecule has 0 atom stereocenters. The molecule has 1 aliphatic heterocycles. The van der Waals surface area contributed by atoms with Gasteiger partial charge in [-0.1, -0.05) is 12.1 Å². The lowest BCUT2D eigenvalue weighted by Crippen LogP contribution is -2.24. The van der Waals surface area contributed by atoms with Gasteiger partial charge in [0.25, 0.3) is 5.91 Å². The van der Waals surface area contributed by atoms with Crippen LogP contribution >= 0.6 is 23.1 Å². The molecule has 1 amide bonds. The molecule has 3 nitrogen and oxygen atoms in total. The highest BCUT2D eigenvalue weighted by atomic mass is 32.2. The molecule has 0 fully saturated rings. The molecular formula is C20H21NO2S2. The number of benzene rings is 1. The van der Waals surface area contributed by atoms with E-state index >= 15 is 0 Å². The van der Waals surface area contributed by atoms with Crippen molar-refractivity contribution in [3.8, 4) is 5.75 Å². The molecule has 0 saturated heterocycles. The zero-order valence-electron chi connectivity index (χ0n) is 14.3. The van der Waals surface area contributed by atoms with Crippen molar-refractivity contribution in [2.75, 3.05) is 7.11 Å². The third-order valence-electron chi connectivity index (χ3n) is 4.78. The topological polar surface area (TPSA) is 38.3 Å². The number of carbonyl (C=O) groups excluding carboxylic acids is 1. The molecule has 0 radical (unpaired) electrons. The summed E-state index contributed by atoms with van der Waals surface area (Å²) >= 11 is 3.56. The lowest BCUT2D eigenvalue weighted by molar-refractivity contribution is -0.116. The molecule has 4 rings (SSSR count). The van der Waals surface area contributed by atoms with Crippen LogP contribution in [0.3, 0.4) is 0 Å². The molecule has 1 N–H and O–H groups in total. The van der Waals surface area contributed by atoms with Crippen LogP contribution in [0, 0.1) is 0 Å². The van der Waals surface area contributed by atoms with Crippen LogP contribution in [0.4, 0.5) is 0 Å². The van der Waals surface area contributed by atoms with Gasteiger partial charge < -0.3 is 10.1 Å². The fourth-order valence-electron chi connectivity index (χ4n) is 3.38. The van der Waals surface area contributed by atoms with E-state index in [0.29, 0.717) is 6.54 Å². The standard InChI is InChI=1S/C20H21NO2S2/c1-23-14-8-6-13(7-9-14)11-21-20(22)19-10-18-16(12-24-19)15-4-2-3-5-17(15)25-18/h6-10H,2-5,11-12H2,1H3,(H,21,22). The first-order valence-corrected chi connectivity index (χ1v) is 10.4. The molecule has 1 aliphatic carbocycles. The minimum Gasteiger partial charge on any atom is -0.497 e. The highest BCUT2D eigenvalue weighted by molar-refractivity contribution is 8.03. The number of nitrogens with one attached hydrogen (secondary N) is 1. The molecule has 5 heteroatoms. The van der Waals surface area contributed by atoms with E-state index in [1.165, 1.54) is 36.1 Å². The Hall–Kier alpha value is -1.72. The van der Waals surface area contributed by atoms with Gasteiger partial charge in [0.2, 0.25) is 0 Å². The van der Waals surface area contributed by atoms with Gasteiger partial charge in [0.05, 0.1) is 12.0 Å². The van der Waals surface area contributed by atoms with E-state index in [0.717, 1.165) is 22.0 Å².